The molecular weight excluding hydrogens is 240 g/mol. The highest BCUT2D eigenvalue weighted by Gasteiger charge is 2.22. The lowest BCUT2D eigenvalue weighted by Gasteiger charge is -2.31. The van der Waals surface area contributed by atoms with Crippen molar-refractivity contribution in [3.8, 4) is 0 Å². The van der Waals surface area contributed by atoms with E-state index in [2.05, 4.69) is 20.5 Å². The van der Waals surface area contributed by atoms with Crippen LogP contribution in [0.5, 0.6) is 0 Å². The standard InChI is InChI=1S/C14H22N4O/c1-11-4-3-5-13(17-11)10-16-14(19)12(2)18-8-6-15-7-9-18/h3-5,12,15H,6-10H2,1-2H3,(H,16,19). The Morgan fingerprint density at radius 3 is 2.89 bits per heavy atom. The van der Waals surface area contributed by atoms with Crippen molar-refractivity contribution in [1.82, 2.24) is 20.5 Å². The van der Waals surface area contributed by atoms with Gasteiger partial charge in [0, 0.05) is 31.9 Å². The van der Waals surface area contributed by atoms with Crippen LogP contribution in [0.4, 0.5) is 0 Å². The van der Waals surface area contributed by atoms with Gasteiger partial charge < -0.3 is 10.6 Å². The lowest BCUT2D eigenvalue weighted by Crippen LogP contribution is -2.52. The maximum atomic E-state index is 12.1. The monoisotopic (exact) mass is 262 g/mol. The van der Waals surface area contributed by atoms with Crippen molar-refractivity contribution in [3.05, 3.63) is 29.6 Å². The zero-order valence-electron chi connectivity index (χ0n) is 11.6. The minimum absolute atomic E-state index is 0.0743. The molecule has 2 rings (SSSR count). The molecule has 2 heterocycles. The number of pyridine rings is 1. The number of carbonyl (C=O) groups excluding carboxylic acids is 1. The number of aromatic nitrogens is 1. The lowest BCUT2D eigenvalue weighted by molar-refractivity contribution is -0.126. The van der Waals surface area contributed by atoms with E-state index in [1.54, 1.807) is 0 Å². The van der Waals surface area contributed by atoms with Gasteiger partial charge in [-0.1, -0.05) is 6.07 Å². The highest BCUT2D eigenvalue weighted by Crippen LogP contribution is 2.02. The molecule has 0 radical (unpaired) electrons. The first-order chi connectivity index (χ1) is 9.16. The molecule has 5 nitrogen and oxygen atoms in total. The molecule has 1 unspecified atom stereocenters. The lowest BCUT2D eigenvalue weighted by atomic mass is 10.2. The fraction of sp³-hybridized carbons (Fsp3) is 0.571. The van der Waals surface area contributed by atoms with Gasteiger partial charge in [-0.3, -0.25) is 14.7 Å². The quantitative estimate of drug-likeness (QED) is 0.819. The zero-order chi connectivity index (χ0) is 13.7. The molecule has 0 saturated carbocycles. The largest absolute Gasteiger partial charge is 0.349 e. The summed E-state index contributed by atoms with van der Waals surface area (Å²) in [5.41, 5.74) is 1.88. The Labute approximate surface area is 114 Å². The number of carbonyl (C=O) groups is 1. The molecule has 1 aliphatic rings. The normalized spacial score (nSPS) is 18.0. The Hall–Kier alpha value is -1.46. The van der Waals surface area contributed by atoms with Crippen LogP contribution >= 0.6 is 0 Å². The average molecular weight is 262 g/mol. The Kier molecular flexibility index (Phi) is 4.87. The van der Waals surface area contributed by atoms with Crippen LogP contribution in [-0.4, -0.2) is 48.0 Å². The molecule has 104 valence electrons. The van der Waals surface area contributed by atoms with E-state index in [1.165, 1.54) is 0 Å². The second kappa shape index (κ2) is 6.63. The summed E-state index contributed by atoms with van der Waals surface area (Å²) in [5.74, 6) is 0.0743. The fourth-order valence-electron chi connectivity index (χ4n) is 2.26. The Balaban J connectivity index is 1.83. The Morgan fingerprint density at radius 2 is 2.21 bits per heavy atom. The summed E-state index contributed by atoms with van der Waals surface area (Å²) in [4.78, 5) is 18.7. The molecule has 1 aromatic heterocycles. The van der Waals surface area contributed by atoms with E-state index in [-0.39, 0.29) is 11.9 Å². The van der Waals surface area contributed by atoms with E-state index >= 15 is 0 Å². The van der Waals surface area contributed by atoms with E-state index in [4.69, 9.17) is 0 Å². The van der Waals surface area contributed by atoms with E-state index in [1.807, 2.05) is 32.0 Å². The third-order valence-electron chi connectivity index (χ3n) is 3.47. The van der Waals surface area contributed by atoms with Gasteiger partial charge in [0.05, 0.1) is 18.3 Å². The van der Waals surface area contributed by atoms with Crippen molar-refractivity contribution in [1.29, 1.82) is 0 Å². The van der Waals surface area contributed by atoms with E-state index in [9.17, 15) is 4.79 Å². The summed E-state index contributed by atoms with van der Waals surface area (Å²) in [6.07, 6.45) is 0. The van der Waals surface area contributed by atoms with Crippen molar-refractivity contribution in [2.75, 3.05) is 26.2 Å². The van der Waals surface area contributed by atoms with Crippen LogP contribution < -0.4 is 10.6 Å². The molecule has 1 aromatic rings. The van der Waals surface area contributed by atoms with Gasteiger partial charge in [-0.25, -0.2) is 0 Å². The number of aryl methyl sites for hydroxylation is 1. The molecule has 1 amide bonds. The van der Waals surface area contributed by atoms with Crippen LogP contribution in [0, 0.1) is 6.92 Å². The predicted molar refractivity (Wildman–Crippen MR) is 74.7 cm³/mol. The van der Waals surface area contributed by atoms with Crippen molar-refractivity contribution >= 4 is 5.91 Å². The molecule has 2 N–H and O–H groups in total. The van der Waals surface area contributed by atoms with Gasteiger partial charge in [-0.05, 0) is 26.0 Å². The second-order valence-corrected chi connectivity index (χ2v) is 4.95. The molecule has 19 heavy (non-hydrogen) atoms. The van der Waals surface area contributed by atoms with E-state index in [0.717, 1.165) is 37.6 Å². The highest BCUT2D eigenvalue weighted by atomic mass is 16.2. The first-order valence-corrected chi connectivity index (χ1v) is 6.82. The minimum atomic E-state index is -0.0769. The average Bonchev–Trinajstić information content (AvgIpc) is 2.45. The summed E-state index contributed by atoms with van der Waals surface area (Å²) in [5, 5.41) is 6.25. The summed E-state index contributed by atoms with van der Waals surface area (Å²) < 4.78 is 0. The maximum Gasteiger partial charge on any atom is 0.237 e. The van der Waals surface area contributed by atoms with Crippen LogP contribution in [0.1, 0.15) is 18.3 Å². The Morgan fingerprint density at radius 1 is 1.47 bits per heavy atom. The van der Waals surface area contributed by atoms with Gasteiger partial charge in [0.1, 0.15) is 0 Å². The van der Waals surface area contributed by atoms with Crippen LogP contribution in [0.3, 0.4) is 0 Å². The van der Waals surface area contributed by atoms with Gasteiger partial charge in [-0.2, -0.15) is 0 Å². The molecule has 0 aliphatic carbocycles. The topological polar surface area (TPSA) is 57.3 Å². The second-order valence-electron chi connectivity index (χ2n) is 4.95. The van der Waals surface area contributed by atoms with Gasteiger partial charge in [0.25, 0.3) is 0 Å². The first kappa shape index (κ1) is 14.0. The van der Waals surface area contributed by atoms with Crippen molar-refractivity contribution in [2.45, 2.75) is 26.4 Å². The molecule has 1 aliphatic heterocycles. The number of nitrogens with one attached hydrogen (secondary N) is 2. The van der Waals surface area contributed by atoms with E-state index < -0.39 is 0 Å². The summed E-state index contributed by atoms with van der Waals surface area (Å²) in [6.45, 7) is 8.18. The fourth-order valence-corrected chi connectivity index (χ4v) is 2.26. The van der Waals surface area contributed by atoms with Gasteiger partial charge in [0.15, 0.2) is 0 Å². The molecule has 0 aromatic carbocycles. The summed E-state index contributed by atoms with van der Waals surface area (Å²) in [7, 11) is 0. The predicted octanol–water partition coefficient (Wildman–Crippen LogP) is 0.300. The highest BCUT2D eigenvalue weighted by molar-refractivity contribution is 5.81. The number of hydrogen-bond acceptors (Lipinski definition) is 4. The number of nitrogens with zero attached hydrogens (tertiary/aromatic N) is 2. The van der Waals surface area contributed by atoms with Crippen LogP contribution in [-0.2, 0) is 11.3 Å². The van der Waals surface area contributed by atoms with Crippen molar-refractivity contribution < 1.29 is 4.79 Å². The van der Waals surface area contributed by atoms with Gasteiger partial charge >= 0.3 is 0 Å². The SMILES string of the molecule is Cc1cccc(CNC(=O)C(C)N2CCNCC2)n1. The molecule has 1 atom stereocenters. The number of amides is 1. The molecule has 1 fully saturated rings. The molecule has 0 bridgehead atoms. The van der Waals surface area contributed by atoms with Crippen LogP contribution in [0.15, 0.2) is 18.2 Å². The smallest absolute Gasteiger partial charge is 0.237 e. The zero-order valence-corrected chi connectivity index (χ0v) is 11.6. The first-order valence-electron chi connectivity index (χ1n) is 6.82. The molecule has 0 spiro atoms. The molecular formula is C14H22N4O. The minimum Gasteiger partial charge on any atom is -0.349 e. The number of hydrogen-bond donors (Lipinski definition) is 2. The number of piperazine rings is 1. The molecule has 1 saturated heterocycles. The van der Waals surface area contributed by atoms with E-state index in [0.29, 0.717) is 6.54 Å². The number of rotatable bonds is 4. The maximum absolute atomic E-state index is 12.1. The summed E-state index contributed by atoms with van der Waals surface area (Å²) >= 11 is 0. The van der Waals surface area contributed by atoms with Gasteiger partial charge in [0.2, 0.25) is 5.91 Å². The van der Waals surface area contributed by atoms with Crippen molar-refractivity contribution in [2.24, 2.45) is 0 Å². The van der Waals surface area contributed by atoms with Crippen molar-refractivity contribution in [3.63, 3.8) is 0 Å². The third-order valence-corrected chi connectivity index (χ3v) is 3.47. The van der Waals surface area contributed by atoms with Crippen LogP contribution in [0.2, 0.25) is 0 Å². The Bertz CT molecular complexity index is 429. The third kappa shape index (κ3) is 4.01. The van der Waals surface area contributed by atoms with Gasteiger partial charge in [-0.15, -0.1) is 0 Å². The molecule has 5 heteroatoms. The summed E-state index contributed by atoms with van der Waals surface area (Å²) in [6, 6.07) is 5.77. The van der Waals surface area contributed by atoms with Crippen LogP contribution in [0.25, 0.3) is 0 Å².